The van der Waals surface area contributed by atoms with E-state index in [1.165, 1.54) is 19.3 Å². The van der Waals surface area contributed by atoms with E-state index in [1.807, 2.05) is 12.1 Å². The number of nitrogens with one attached hydrogen (secondary N) is 1. The van der Waals surface area contributed by atoms with Gasteiger partial charge >= 0.3 is 0 Å². The predicted molar refractivity (Wildman–Crippen MR) is 84.9 cm³/mol. The van der Waals surface area contributed by atoms with E-state index in [0.717, 1.165) is 26.9 Å². The Labute approximate surface area is 129 Å². The Bertz CT molecular complexity index is 438. The normalized spacial score (nSPS) is 29.2. The Balaban J connectivity index is 2.20. The molecule has 3 N–H and O–H groups in total. The number of nitrogens with two attached hydrogens (primary N) is 1. The minimum absolute atomic E-state index is 0.149. The van der Waals surface area contributed by atoms with Gasteiger partial charge in [-0.2, -0.15) is 0 Å². The van der Waals surface area contributed by atoms with Crippen LogP contribution in [-0.2, 0) is 0 Å². The van der Waals surface area contributed by atoms with E-state index < -0.39 is 0 Å². The largest absolute Gasteiger partial charge is 0.271 e. The second kappa shape index (κ2) is 6.57. The highest BCUT2D eigenvalue weighted by atomic mass is 79.9. The number of hydrazine groups is 1. The summed E-state index contributed by atoms with van der Waals surface area (Å²) in [6, 6.07) is 6.19. The Morgan fingerprint density at radius 2 is 2.05 bits per heavy atom. The van der Waals surface area contributed by atoms with Gasteiger partial charge in [0.1, 0.15) is 0 Å². The van der Waals surface area contributed by atoms with Crippen molar-refractivity contribution in [1.82, 2.24) is 5.43 Å². The van der Waals surface area contributed by atoms with E-state index in [1.54, 1.807) is 0 Å². The van der Waals surface area contributed by atoms with Gasteiger partial charge in [-0.15, -0.1) is 0 Å². The maximum atomic E-state index is 6.36. The van der Waals surface area contributed by atoms with Crippen molar-refractivity contribution < 1.29 is 0 Å². The zero-order chi connectivity index (χ0) is 14.0. The lowest BCUT2D eigenvalue weighted by Gasteiger charge is -2.37. The van der Waals surface area contributed by atoms with Crippen molar-refractivity contribution >= 4 is 27.5 Å². The zero-order valence-electron chi connectivity index (χ0n) is 11.5. The molecule has 0 spiro atoms. The summed E-state index contributed by atoms with van der Waals surface area (Å²) < 4.78 is 1.00. The van der Waals surface area contributed by atoms with Crippen molar-refractivity contribution in [3.8, 4) is 0 Å². The van der Waals surface area contributed by atoms with Gasteiger partial charge in [-0.05, 0) is 48.3 Å². The molecule has 1 aromatic carbocycles. The molecule has 1 aromatic rings. The van der Waals surface area contributed by atoms with E-state index in [4.69, 9.17) is 17.4 Å². The van der Waals surface area contributed by atoms with E-state index in [-0.39, 0.29) is 6.04 Å². The van der Waals surface area contributed by atoms with Crippen LogP contribution in [0.4, 0.5) is 0 Å². The predicted octanol–water partition coefficient (Wildman–Crippen LogP) is 4.68. The molecule has 2 nitrogen and oxygen atoms in total. The topological polar surface area (TPSA) is 38.0 Å². The summed E-state index contributed by atoms with van der Waals surface area (Å²) in [7, 11) is 0. The van der Waals surface area contributed by atoms with Gasteiger partial charge in [0.05, 0.1) is 6.04 Å². The third kappa shape index (κ3) is 3.52. The van der Waals surface area contributed by atoms with Gasteiger partial charge in [-0.25, -0.2) is 0 Å². The van der Waals surface area contributed by atoms with Crippen LogP contribution >= 0.6 is 27.5 Å². The molecule has 1 aliphatic carbocycles. The molecular weight excluding hydrogens is 324 g/mol. The van der Waals surface area contributed by atoms with E-state index in [9.17, 15) is 0 Å². The molecule has 0 amide bonds. The van der Waals surface area contributed by atoms with Crippen LogP contribution in [-0.4, -0.2) is 0 Å². The van der Waals surface area contributed by atoms with Crippen molar-refractivity contribution in [3.05, 3.63) is 33.3 Å². The summed E-state index contributed by atoms with van der Waals surface area (Å²) in [6.07, 6.45) is 3.70. The molecule has 4 unspecified atom stereocenters. The van der Waals surface area contributed by atoms with Gasteiger partial charge in [0.25, 0.3) is 0 Å². The van der Waals surface area contributed by atoms with Crippen LogP contribution in [0.2, 0.25) is 5.02 Å². The van der Waals surface area contributed by atoms with Crippen LogP contribution in [0.15, 0.2) is 22.7 Å². The number of rotatable bonds is 3. The van der Waals surface area contributed by atoms with Crippen LogP contribution in [0.25, 0.3) is 0 Å². The third-order valence-electron chi connectivity index (χ3n) is 4.59. The number of hydrogen-bond donors (Lipinski definition) is 2. The van der Waals surface area contributed by atoms with Crippen LogP contribution in [0.5, 0.6) is 0 Å². The summed E-state index contributed by atoms with van der Waals surface area (Å²) in [6.45, 7) is 4.69. The first-order valence-corrected chi connectivity index (χ1v) is 8.11. The Kier molecular flexibility index (Phi) is 5.29. The molecule has 1 fully saturated rings. The Morgan fingerprint density at radius 1 is 1.32 bits per heavy atom. The second-order valence-corrected chi connectivity index (χ2v) is 7.16. The molecule has 0 bridgehead atoms. The number of halogens is 2. The van der Waals surface area contributed by atoms with Crippen molar-refractivity contribution in [3.63, 3.8) is 0 Å². The summed E-state index contributed by atoms with van der Waals surface area (Å²) in [5.74, 6) is 7.94. The number of benzene rings is 1. The molecule has 4 heteroatoms. The quantitative estimate of drug-likeness (QED) is 0.616. The second-order valence-electron chi connectivity index (χ2n) is 5.84. The van der Waals surface area contributed by atoms with Crippen molar-refractivity contribution in [2.45, 2.75) is 39.2 Å². The average Bonchev–Trinajstić information content (AvgIpc) is 2.37. The highest BCUT2D eigenvalue weighted by Gasteiger charge is 2.31. The molecular formula is C15H22BrClN2. The van der Waals surface area contributed by atoms with Gasteiger partial charge in [0.15, 0.2) is 0 Å². The van der Waals surface area contributed by atoms with E-state index >= 15 is 0 Å². The molecule has 0 aliphatic heterocycles. The average molecular weight is 346 g/mol. The fraction of sp³-hybridized carbons (Fsp3) is 0.600. The minimum Gasteiger partial charge on any atom is -0.271 e. The highest BCUT2D eigenvalue weighted by molar-refractivity contribution is 9.10. The smallest absolute Gasteiger partial charge is 0.0503 e. The fourth-order valence-corrected chi connectivity index (χ4v) is 3.92. The van der Waals surface area contributed by atoms with E-state index in [0.29, 0.717) is 5.92 Å². The molecule has 1 aliphatic rings. The van der Waals surface area contributed by atoms with Crippen LogP contribution < -0.4 is 11.3 Å². The third-order valence-corrected chi connectivity index (χ3v) is 5.41. The fourth-order valence-electron chi connectivity index (χ4n) is 3.13. The highest BCUT2D eigenvalue weighted by Crippen LogP contribution is 2.41. The maximum Gasteiger partial charge on any atom is 0.0503 e. The lowest BCUT2D eigenvalue weighted by molar-refractivity contribution is 0.171. The molecule has 1 saturated carbocycles. The van der Waals surface area contributed by atoms with E-state index in [2.05, 4.69) is 41.3 Å². The molecule has 0 radical (unpaired) electrons. The Hall–Kier alpha value is -0.0900. The lowest BCUT2D eigenvalue weighted by atomic mass is 9.72. The summed E-state index contributed by atoms with van der Waals surface area (Å²) >= 11 is 9.81. The Morgan fingerprint density at radius 3 is 2.63 bits per heavy atom. The van der Waals surface area contributed by atoms with Crippen LogP contribution in [0, 0.1) is 17.8 Å². The first-order valence-electron chi connectivity index (χ1n) is 6.94. The molecule has 2 rings (SSSR count). The maximum absolute atomic E-state index is 6.36. The summed E-state index contributed by atoms with van der Waals surface area (Å²) in [5, 5.41) is 0.781. The summed E-state index contributed by atoms with van der Waals surface area (Å²) in [4.78, 5) is 0. The van der Waals surface area contributed by atoms with Crippen LogP contribution in [0.1, 0.15) is 44.7 Å². The van der Waals surface area contributed by atoms with Crippen molar-refractivity contribution in [2.24, 2.45) is 23.6 Å². The van der Waals surface area contributed by atoms with Gasteiger partial charge < -0.3 is 0 Å². The van der Waals surface area contributed by atoms with Gasteiger partial charge in [0.2, 0.25) is 0 Å². The van der Waals surface area contributed by atoms with Gasteiger partial charge in [0, 0.05) is 9.50 Å². The standard InChI is InChI=1S/C15H22BrClN2/c1-9-3-4-11(7-10(9)2)15(19-18)13-6-5-12(16)8-14(13)17/h5-6,8-11,15,19H,3-4,7,18H2,1-2H3. The molecule has 106 valence electrons. The minimum atomic E-state index is 0.149. The van der Waals surface area contributed by atoms with Gasteiger partial charge in [-0.3, -0.25) is 11.3 Å². The molecule has 0 heterocycles. The van der Waals surface area contributed by atoms with Crippen molar-refractivity contribution in [1.29, 1.82) is 0 Å². The first kappa shape index (κ1) is 15.3. The zero-order valence-corrected chi connectivity index (χ0v) is 13.8. The molecule has 0 saturated heterocycles. The SMILES string of the molecule is CC1CCC(C(NN)c2ccc(Br)cc2Cl)CC1C. The monoisotopic (exact) mass is 344 g/mol. The van der Waals surface area contributed by atoms with Crippen molar-refractivity contribution in [2.75, 3.05) is 0 Å². The molecule has 19 heavy (non-hydrogen) atoms. The molecule has 4 atom stereocenters. The number of hydrogen-bond acceptors (Lipinski definition) is 2. The molecule has 0 aromatic heterocycles. The lowest BCUT2D eigenvalue weighted by Crippen LogP contribution is -2.37. The van der Waals surface area contributed by atoms with Gasteiger partial charge in [-0.1, -0.05) is 53.9 Å². The first-order chi connectivity index (χ1) is 9.02. The summed E-state index contributed by atoms with van der Waals surface area (Å²) in [5.41, 5.74) is 4.09. The van der Waals surface area contributed by atoms with Crippen LogP contribution in [0.3, 0.4) is 0 Å².